The van der Waals surface area contributed by atoms with Crippen molar-refractivity contribution in [3.8, 4) is 0 Å². The van der Waals surface area contributed by atoms with E-state index >= 15 is 0 Å². The number of carbonyl (C=O) groups is 1. The van der Waals surface area contributed by atoms with E-state index in [1.54, 1.807) is 55.5 Å². The third-order valence-electron chi connectivity index (χ3n) is 8.77. The van der Waals surface area contributed by atoms with Gasteiger partial charge in [0.05, 0.1) is 54.9 Å². The van der Waals surface area contributed by atoms with Crippen LogP contribution in [0.15, 0.2) is 85.1 Å². The minimum atomic E-state index is -1.13. The van der Waals surface area contributed by atoms with Gasteiger partial charge in [0.2, 0.25) is 0 Å². The van der Waals surface area contributed by atoms with E-state index in [9.17, 15) is 50.8 Å². The second-order valence-electron chi connectivity index (χ2n) is 14.1. The van der Waals surface area contributed by atoms with Gasteiger partial charge in [0, 0.05) is 24.3 Å². The zero-order chi connectivity index (χ0) is 38.3. The molecular formula is C40H64O11. The van der Waals surface area contributed by atoms with Crippen LogP contribution in [0.3, 0.4) is 0 Å². The summed E-state index contributed by atoms with van der Waals surface area (Å²) in [7, 11) is 0. The van der Waals surface area contributed by atoms with Crippen molar-refractivity contribution in [1.29, 1.82) is 0 Å². The monoisotopic (exact) mass is 720 g/mol. The van der Waals surface area contributed by atoms with Crippen LogP contribution in [-0.4, -0.2) is 113 Å². The van der Waals surface area contributed by atoms with Gasteiger partial charge in [-0.1, -0.05) is 107 Å². The van der Waals surface area contributed by atoms with E-state index in [1.807, 2.05) is 45.1 Å². The molecule has 0 spiro atoms. The number of aliphatic hydroxyl groups is 9. The lowest BCUT2D eigenvalue weighted by atomic mass is 9.90. The molecule has 0 saturated carbocycles. The molecule has 1 rings (SSSR count). The predicted octanol–water partition coefficient (Wildman–Crippen LogP) is 3.10. The maximum atomic E-state index is 12.4. The first kappa shape index (κ1) is 46.3. The first-order valence-electron chi connectivity index (χ1n) is 18.1. The molecule has 0 aliphatic carbocycles. The van der Waals surface area contributed by atoms with Crippen molar-refractivity contribution in [1.82, 2.24) is 0 Å². The van der Waals surface area contributed by atoms with E-state index in [-0.39, 0.29) is 63.2 Å². The summed E-state index contributed by atoms with van der Waals surface area (Å²) in [6, 6.07) is 0. The van der Waals surface area contributed by atoms with Crippen LogP contribution in [-0.2, 0) is 9.53 Å². The minimum Gasteiger partial charge on any atom is -0.458 e. The fourth-order valence-corrected chi connectivity index (χ4v) is 5.85. The first-order chi connectivity index (χ1) is 24.1. The van der Waals surface area contributed by atoms with Gasteiger partial charge in [-0.3, -0.25) is 0 Å². The van der Waals surface area contributed by atoms with E-state index < -0.39 is 72.9 Å². The van der Waals surface area contributed by atoms with E-state index in [4.69, 9.17) is 4.74 Å². The Hall–Kier alpha value is -2.71. The van der Waals surface area contributed by atoms with Gasteiger partial charge in [0.15, 0.2) is 0 Å². The molecule has 0 aromatic heterocycles. The zero-order valence-corrected chi connectivity index (χ0v) is 30.6. The molecule has 0 unspecified atom stereocenters. The smallest absolute Gasteiger partial charge is 0.331 e. The fraction of sp³-hybridized carbons (Fsp3) is 0.625. The van der Waals surface area contributed by atoms with Crippen LogP contribution in [0.25, 0.3) is 0 Å². The summed E-state index contributed by atoms with van der Waals surface area (Å²) < 4.78 is 5.67. The quantitative estimate of drug-likeness (QED) is 0.142. The molecule has 9 N–H and O–H groups in total. The molecule has 0 aromatic carbocycles. The summed E-state index contributed by atoms with van der Waals surface area (Å²) >= 11 is 0. The van der Waals surface area contributed by atoms with Crippen molar-refractivity contribution in [3.05, 3.63) is 85.1 Å². The number of rotatable bonds is 1. The summed E-state index contributed by atoms with van der Waals surface area (Å²) in [4.78, 5) is 12.4. The lowest BCUT2D eigenvalue weighted by molar-refractivity contribution is -0.147. The summed E-state index contributed by atoms with van der Waals surface area (Å²) in [6.07, 6.45) is 13.4. The number of cyclic esters (lactones) is 1. The Morgan fingerprint density at radius 3 is 1.43 bits per heavy atom. The van der Waals surface area contributed by atoms with Crippen LogP contribution < -0.4 is 0 Å². The highest BCUT2D eigenvalue weighted by molar-refractivity contribution is 5.82. The van der Waals surface area contributed by atoms with Gasteiger partial charge in [-0.25, -0.2) is 4.79 Å². The Morgan fingerprint density at radius 2 is 0.961 bits per heavy atom. The molecule has 1 aliphatic heterocycles. The Kier molecular flexibility index (Phi) is 23.7. The molecule has 1 aliphatic rings. The highest BCUT2D eigenvalue weighted by Gasteiger charge is 2.27. The van der Waals surface area contributed by atoms with Gasteiger partial charge in [-0.15, -0.1) is 0 Å². The average Bonchev–Trinajstić information content (AvgIpc) is 3.02. The largest absolute Gasteiger partial charge is 0.458 e. The molecule has 12 atom stereocenters. The maximum absolute atomic E-state index is 12.4. The van der Waals surface area contributed by atoms with Crippen LogP contribution in [0.4, 0.5) is 0 Å². The normalized spacial score (nSPS) is 40.3. The second kappa shape index (κ2) is 26.1. The van der Waals surface area contributed by atoms with Gasteiger partial charge in [0.25, 0.3) is 0 Å². The van der Waals surface area contributed by atoms with Crippen LogP contribution >= 0.6 is 0 Å². The van der Waals surface area contributed by atoms with Gasteiger partial charge >= 0.3 is 5.97 Å². The van der Waals surface area contributed by atoms with Crippen LogP contribution in [0.1, 0.15) is 79.1 Å². The SMILES string of the molecule is CC(C)[C@@H]1OC(=O)/C=C/C=C/C=C/C=C/C=C/C=C/C[C@H](O)[C@H](C)[C@H](O)C[C@H](O)C[C@H](O)C[C@@H](O)C[C@H](O)C[C@@H](O)C[C@@H](O)C[C@@H](O)/C=C/[C@@H]1C. The average molecular weight is 721 g/mol. The van der Waals surface area contributed by atoms with Crippen molar-refractivity contribution in [2.45, 2.75) is 140 Å². The number of carbonyl (C=O) groups excluding carboxylic acids is 1. The van der Waals surface area contributed by atoms with Crippen molar-refractivity contribution in [2.75, 3.05) is 0 Å². The van der Waals surface area contributed by atoms with Gasteiger partial charge in [-0.05, 0) is 50.9 Å². The van der Waals surface area contributed by atoms with Crippen LogP contribution in [0, 0.1) is 17.8 Å². The van der Waals surface area contributed by atoms with E-state index in [0.29, 0.717) is 0 Å². The van der Waals surface area contributed by atoms with Crippen LogP contribution in [0.5, 0.6) is 0 Å². The third-order valence-corrected chi connectivity index (χ3v) is 8.77. The number of esters is 1. The molecule has 1 heterocycles. The molecule has 11 nitrogen and oxygen atoms in total. The number of allylic oxidation sites excluding steroid dienone is 10. The number of hydrogen-bond acceptors (Lipinski definition) is 11. The maximum Gasteiger partial charge on any atom is 0.331 e. The standard InChI is InChI=1S/C40H64O11/c1-27(2)40-28(3)18-19-30(41)20-31(42)21-32(43)22-33(44)23-34(45)24-35(46)25-36(47)26-38(49)29(4)37(48)16-14-12-10-8-6-5-7-9-11-13-15-17-39(50)51-40/h5-15,17-19,27-38,40-49H,16,20-26H2,1-4H3/b6-5+,9-7+,10-8+,13-11+,14-12+,17-15+,19-18+/t28-,29-,30-,31-,32-,33+,34-,35+,36+,37-,38+,40-/m0/s1. The second-order valence-corrected chi connectivity index (χ2v) is 14.1. The molecular weight excluding hydrogens is 656 g/mol. The lowest BCUT2D eigenvalue weighted by Gasteiger charge is -2.26. The lowest BCUT2D eigenvalue weighted by Crippen LogP contribution is -2.34. The summed E-state index contributed by atoms with van der Waals surface area (Å²) in [6.45, 7) is 7.38. The van der Waals surface area contributed by atoms with Crippen molar-refractivity contribution in [2.24, 2.45) is 17.8 Å². The Labute approximate surface area is 304 Å². The van der Waals surface area contributed by atoms with E-state index in [1.165, 1.54) is 12.2 Å². The van der Waals surface area contributed by atoms with Gasteiger partial charge < -0.3 is 50.7 Å². The minimum absolute atomic E-state index is 0.00960. The summed E-state index contributed by atoms with van der Waals surface area (Å²) in [5, 5.41) is 93.9. The van der Waals surface area contributed by atoms with Crippen molar-refractivity contribution >= 4 is 5.97 Å². The topological polar surface area (TPSA) is 208 Å². The molecule has 0 aromatic rings. The summed E-state index contributed by atoms with van der Waals surface area (Å²) in [5.74, 6) is -1.30. The number of ether oxygens (including phenoxy) is 1. The first-order valence-corrected chi connectivity index (χ1v) is 18.1. The Balaban J connectivity index is 2.97. The molecule has 0 bridgehead atoms. The van der Waals surface area contributed by atoms with Crippen molar-refractivity contribution in [3.63, 3.8) is 0 Å². The molecule has 0 fully saturated rings. The zero-order valence-electron chi connectivity index (χ0n) is 30.6. The van der Waals surface area contributed by atoms with Gasteiger partial charge in [-0.2, -0.15) is 0 Å². The van der Waals surface area contributed by atoms with Gasteiger partial charge in [0.1, 0.15) is 6.10 Å². The number of hydrogen-bond donors (Lipinski definition) is 9. The van der Waals surface area contributed by atoms with Crippen LogP contribution in [0.2, 0.25) is 0 Å². The van der Waals surface area contributed by atoms with E-state index in [2.05, 4.69) is 0 Å². The predicted molar refractivity (Wildman–Crippen MR) is 198 cm³/mol. The number of aliphatic hydroxyl groups excluding tert-OH is 9. The molecule has 0 saturated heterocycles. The molecule has 0 amide bonds. The molecule has 0 radical (unpaired) electrons. The molecule has 11 heteroatoms. The summed E-state index contributed by atoms with van der Waals surface area (Å²) in [5.41, 5.74) is 0. The Morgan fingerprint density at radius 1 is 0.549 bits per heavy atom. The Bertz CT molecular complexity index is 1160. The third kappa shape index (κ3) is 22.1. The molecule has 290 valence electrons. The highest BCUT2D eigenvalue weighted by atomic mass is 16.5. The highest BCUT2D eigenvalue weighted by Crippen LogP contribution is 2.22. The van der Waals surface area contributed by atoms with E-state index in [0.717, 1.165) is 0 Å². The fourth-order valence-electron chi connectivity index (χ4n) is 5.85. The van der Waals surface area contributed by atoms with Crippen molar-refractivity contribution < 1.29 is 55.5 Å². The molecule has 51 heavy (non-hydrogen) atoms.